The van der Waals surface area contributed by atoms with Gasteiger partial charge in [-0.1, -0.05) is 31.0 Å². The van der Waals surface area contributed by atoms with Crippen LogP contribution in [-0.4, -0.2) is 28.9 Å². The first kappa shape index (κ1) is 13.7. The summed E-state index contributed by atoms with van der Waals surface area (Å²) in [6.07, 6.45) is 8.94. The van der Waals surface area contributed by atoms with Crippen molar-refractivity contribution < 1.29 is 4.79 Å². The van der Waals surface area contributed by atoms with Gasteiger partial charge in [0.1, 0.15) is 0 Å². The van der Waals surface area contributed by atoms with E-state index in [-0.39, 0.29) is 5.91 Å². The molecule has 1 spiro atoms. The van der Waals surface area contributed by atoms with Gasteiger partial charge >= 0.3 is 0 Å². The van der Waals surface area contributed by atoms with Crippen LogP contribution in [0.4, 0.5) is 0 Å². The molecule has 0 bridgehead atoms. The van der Waals surface area contributed by atoms with E-state index in [1.165, 1.54) is 37.9 Å². The highest BCUT2D eigenvalue weighted by atomic mass is 32.2. The number of nitrogens with one attached hydrogen (secondary N) is 1. The van der Waals surface area contributed by atoms with Crippen LogP contribution in [0.5, 0.6) is 0 Å². The average Bonchev–Trinajstić information content (AvgIpc) is 2.72. The zero-order chi connectivity index (χ0) is 12.8. The molecule has 0 aromatic heterocycles. The van der Waals surface area contributed by atoms with Gasteiger partial charge in [-0.2, -0.15) is 0 Å². The maximum absolute atomic E-state index is 10.6. The Balaban J connectivity index is 1.69. The number of amides is 1. The van der Waals surface area contributed by atoms with Gasteiger partial charge in [-0.15, -0.1) is 0 Å². The lowest BCUT2D eigenvalue weighted by atomic mass is 9.83. The van der Waals surface area contributed by atoms with Gasteiger partial charge in [-0.05, 0) is 25.7 Å². The fraction of sp³-hybridized carbons (Fsp3) is 0.846. The Morgan fingerprint density at radius 3 is 2.83 bits per heavy atom. The van der Waals surface area contributed by atoms with Crippen molar-refractivity contribution in [2.45, 2.75) is 56.9 Å². The molecule has 4 nitrogen and oxygen atoms in total. The number of amidine groups is 1. The van der Waals surface area contributed by atoms with Gasteiger partial charge in [0.25, 0.3) is 0 Å². The fourth-order valence-corrected chi connectivity index (χ4v) is 3.93. The standard InChI is InChI=1S/C13H23N3OS/c14-11(17)6-2-5-9-15-12-16-13(10-18-12)7-3-1-4-8-13/h1-10H2,(H2,14,17)(H,15,16). The molecule has 5 heteroatoms. The number of primary amides is 1. The molecule has 18 heavy (non-hydrogen) atoms. The number of carbonyl (C=O) groups excluding carboxylic acids is 1. The minimum atomic E-state index is -0.211. The fourth-order valence-electron chi connectivity index (χ4n) is 2.68. The minimum Gasteiger partial charge on any atom is -0.370 e. The summed E-state index contributed by atoms with van der Waals surface area (Å²) in [5.41, 5.74) is 5.44. The highest BCUT2D eigenvalue weighted by molar-refractivity contribution is 8.14. The van der Waals surface area contributed by atoms with Gasteiger partial charge in [-0.3, -0.25) is 9.79 Å². The number of hydrogen-bond donors (Lipinski definition) is 2. The number of thioether (sulfide) groups is 1. The predicted molar refractivity (Wildman–Crippen MR) is 76.8 cm³/mol. The molecule has 3 N–H and O–H groups in total. The third-order valence-corrected chi connectivity index (χ3v) is 4.96. The number of nitrogens with zero attached hydrogens (tertiary/aromatic N) is 1. The second-order valence-corrected chi connectivity index (χ2v) is 6.33. The largest absolute Gasteiger partial charge is 0.370 e. The first-order chi connectivity index (χ1) is 8.70. The van der Waals surface area contributed by atoms with E-state index < -0.39 is 0 Å². The summed E-state index contributed by atoms with van der Waals surface area (Å²) >= 11 is 1.86. The Morgan fingerprint density at radius 2 is 2.11 bits per heavy atom. The highest BCUT2D eigenvalue weighted by Gasteiger charge is 2.37. The number of aliphatic imine (C=N–C) groups is 1. The van der Waals surface area contributed by atoms with Crippen LogP contribution >= 0.6 is 11.8 Å². The summed E-state index contributed by atoms with van der Waals surface area (Å²) in [6, 6.07) is 0. The van der Waals surface area contributed by atoms with Crippen LogP contribution in [-0.2, 0) is 4.79 Å². The quantitative estimate of drug-likeness (QED) is 0.751. The average molecular weight is 269 g/mol. The lowest BCUT2D eigenvalue weighted by molar-refractivity contribution is -0.118. The third-order valence-electron chi connectivity index (χ3n) is 3.75. The van der Waals surface area contributed by atoms with Crippen molar-refractivity contribution in [1.29, 1.82) is 0 Å². The van der Waals surface area contributed by atoms with Gasteiger partial charge in [0.2, 0.25) is 5.91 Å². The molecule has 2 fully saturated rings. The normalized spacial score (nSPS) is 24.3. The number of rotatable bonds is 5. The first-order valence-electron chi connectivity index (χ1n) is 6.94. The van der Waals surface area contributed by atoms with E-state index in [1.807, 2.05) is 11.8 Å². The van der Waals surface area contributed by atoms with Crippen molar-refractivity contribution >= 4 is 22.8 Å². The Bertz CT molecular complexity index is 324. The minimum absolute atomic E-state index is 0.211. The van der Waals surface area contributed by atoms with Crippen LogP contribution in [0.15, 0.2) is 4.99 Å². The van der Waals surface area contributed by atoms with Crippen LogP contribution in [0, 0.1) is 0 Å². The molecule has 1 amide bonds. The van der Waals surface area contributed by atoms with Crippen LogP contribution in [0.2, 0.25) is 0 Å². The molecule has 0 radical (unpaired) electrons. The van der Waals surface area contributed by atoms with Crippen molar-refractivity contribution in [3.8, 4) is 0 Å². The lowest BCUT2D eigenvalue weighted by Crippen LogP contribution is -2.45. The van der Waals surface area contributed by atoms with Crippen LogP contribution in [0.25, 0.3) is 0 Å². The predicted octanol–water partition coefficient (Wildman–Crippen LogP) is 2.04. The Labute approximate surface area is 113 Å². The second-order valence-electron chi connectivity index (χ2n) is 5.36. The molecule has 2 rings (SSSR count). The number of hydrogen-bond acceptors (Lipinski definition) is 3. The molecule has 1 saturated carbocycles. The SMILES string of the molecule is NC(=O)CCCCN=C1NC2(CCCCC2)CS1. The maximum atomic E-state index is 10.6. The lowest BCUT2D eigenvalue weighted by Gasteiger charge is -2.32. The third kappa shape index (κ3) is 3.90. The summed E-state index contributed by atoms with van der Waals surface area (Å²) in [5, 5.41) is 4.73. The molecule has 1 heterocycles. The molecule has 0 unspecified atom stereocenters. The van der Waals surface area contributed by atoms with Crippen LogP contribution < -0.4 is 11.1 Å². The van der Waals surface area contributed by atoms with Gasteiger partial charge in [0, 0.05) is 24.3 Å². The van der Waals surface area contributed by atoms with E-state index in [0.29, 0.717) is 12.0 Å². The molecular formula is C13H23N3OS. The molecule has 0 aromatic rings. The summed E-state index contributed by atoms with van der Waals surface area (Å²) in [7, 11) is 0. The van der Waals surface area contributed by atoms with E-state index in [0.717, 1.165) is 24.6 Å². The van der Waals surface area contributed by atoms with Gasteiger partial charge < -0.3 is 11.1 Å². The molecule has 0 aromatic carbocycles. The summed E-state index contributed by atoms with van der Waals surface area (Å²) in [4.78, 5) is 15.2. The zero-order valence-corrected chi connectivity index (χ0v) is 11.7. The number of unbranched alkanes of at least 4 members (excludes halogenated alkanes) is 1. The van der Waals surface area contributed by atoms with Gasteiger partial charge in [0.15, 0.2) is 5.17 Å². The van der Waals surface area contributed by atoms with Crippen molar-refractivity contribution in [2.24, 2.45) is 10.7 Å². The molecule has 1 aliphatic heterocycles. The van der Waals surface area contributed by atoms with Crippen molar-refractivity contribution in [1.82, 2.24) is 5.32 Å². The van der Waals surface area contributed by atoms with Crippen LogP contribution in [0.1, 0.15) is 51.4 Å². The summed E-state index contributed by atoms with van der Waals surface area (Å²) in [5.74, 6) is 0.963. The summed E-state index contributed by atoms with van der Waals surface area (Å²) in [6.45, 7) is 0.804. The zero-order valence-electron chi connectivity index (χ0n) is 10.9. The molecule has 1 saturated heterocycles. The van der Waals surface area contributed by atoms with E-state index in [4.69, 9.17) is 5.73 Å². The van der Waals surface area contributed by atoms with Crippen LogP contribution in [0.3, 0.4) is 0 Å². The van der Waals surface area contributed by atoms with E-state index in [2.05, 4.69) is 10.3 Å². The van der Waals surface area contributed by atoms with Crippen molar-refractivity contribution in [3.63, 3.8) is 0 Å². The second kappa shape index (κ2) is 6.45. The smallest absolute Gasteiger partial charge is 0.217 e. The number of carbonyl (C=O) groups is 1. The molecule has 2 aliphatic rings. The maximum Gasteiger partial charge on any atom is 0.217 e. The van der Waals surface area contributed by atoms with Crippen molar-refractivity contribution in [3.05, 3.63) is 0 Å². The van der Waals surface area contributed by atoms with E-state index in [9.17, 15) is 4.79 Å². The monoisotopic (exact) mass is 269 g/mol. The Kier molecular flexibility index (Phi) is 4.92. The van der Waals surface area contributed by atoms with Crippen molar-refractivity contribution in [2.75, 3.05) is 12.3 Å². The topological polar surface area (TPSA) is 67.5 Å². The molecule has 0 atom stereocenters. The number of nitrogens with two attached hydrogens (primary N) is 1. The molecule has 102 valence electrons. The van der Waals surface area contributed by atoms with E-state index >= 15 is 0 Å². The molecule has 1 aliphatic carbocycles. The highest BCUT2D eigenvalue weighted by Crippen LogP contribution is 2.36. The molecular weight excluding hydrogens is 246 g/mol. The Hall–Kier alpha value is -0.710. The van der Waals surface area contributed by atoms with Gasteiger partial charge in [0.05, 0.1) is 0 Å². The Morgan fingerprint density at radius 1 is 1.33 bits per heavy atom. The first-order valence-corrected chi connectivity index (χ1v) is 7.93. The summed E-state index contributed by atoms with van der Waals surface area (Å²) < 4.78 is 0. The van der Waals surface area contributed by atoms with E-state index in [1.54, 1.807) is 0 Å². The van der Waals surface area contributed by atoms with Gasteiger partial charge in [-0.25, -0.2) is 0 Å².